The van der Waals surface area contributed by atoms with Gasteiger partial charge in [-0.3, -0.25) is 4.90 Å². The molecule has 19 heavy (non-hydrogen) atoms. The molecule has 2 N–H and O–H groups in total. The summed E-state index contributed by atoms with van der Waals surface area (Å²) in [5, 5.41) is 3.70. The fourth-order valence-corrected chi connectivity index (χ4v) is 2.45. The van der Waals surface area contributed by atoms with Crippen molar-refractivity contribution in [3.05, 3.63) is 46.2 Å². The minimum atomic E-state index is 0.436. The third-order valence-electron chi connectivity index (χ3n) is 3.27. The van der Waals surface area contributed by atoms with Crippen molar-refractivity contribution in [1.82, 2.24) is 10.1 Å². The van der Waals surface area contributed by atoms with Gasteiger partial charge in [0.15, 0.2) is 11.6 Å². The van der Waals surface area contributed by atoms with E-state index in [1.54, 1.807) is 6.07 Å². The van der Waals surface area contributed by atoms with Crippen molar-refractivity contribution in [2.24, 2.45) is 0 Å². The Morgan fingerprint density at radius 3 is 2.26 bits per heavy atom. The summed E-state index contributed by atoms with van der Waals surface area (Å²) in [7, 11) is 2.07. The Balaban J connectivity index is 2.08. The van der Waals surface area contributed by atoms with Crippen molar-refractivity contribution in [2.75, 3.05) is 12.8 Å². The minimum Gasteiger partial charge on any atom is -0.381 e. The van der Waals surface area contributed by atoms with Crippen LogP contribution in [0.5, 0.6) is 0 Å². The topological polar surface area (TPSA) is 55.3 Å². The van der Waals surface area contributed by atoms with E-state index in [4.69, 9.17) is 10.3 Å². The Morgan fingerprint density at radius 1 is 1.11 bits per heavy atom. The van der Waals surface area contributed by atoms with Crippen molar-refractivity contribution in [1.29, 1.82) is 0 Å². The molecule has 1 aromatic carbocycles. The van der Waals surface area contributed by atoms with E-state index in [1.165, 1.54) is 22.3 Å². The average molecular weight is 259 g/mol. The summed E-state index contributed by atoms with van der Waals surface area (Å²) in [5.41, 5.74) is 10.9. The molecular formula is C15H21N3O. The van der Waals surface area contributed by atoms with Gasteiger partial charge in [-0.15, -0.1) is 0 Å². The van der Waals surface area contributed by atoms with Crippen LogP contribution in [0.15, 0.2) is 22.7 Å². The van der Waals surface area contributed by atoms with Gasteiger partial charge >= 0.3 is 0 Å². The van der Waals surface area contributed by atoms with E-state index in [0.717, 1.165) is 12.3 Å². The largest absolute Gasteiger partial charge is 0.381 e. The van der Waals surface area contributed by atoms with Gasteiger partial charge in [0.2, 0.25) is 0 Å². The molecule has 0 saturated carbocycles. The Bertz CT molecular complexity index is 552. The monoisotopic (exact) mass is 259 g/mol. The second-order valence-corrected chi connectivity index (χ2v) is 5.27. The fraction of sp³-hybridized carbons (Fsp3) is 0.400. The molecule has 0 bridgehead atoms. The van der Waals surface area contributed by atoms with Gasteiger partial charge in [0, 0.05) is 12.6 Å². The number of aromatic nitrogens is 1. The lowest BCUT2D eigenvalue weighted by atomic mass is 9.99. The first kappa shape index (κ1) is 13.6. The van der Waals surface area contributed by atoms with Crippen molar-refractivity contribution >= 4 is 5.82 Å². The molecule has 0 amide bonds. The van der Waals surface area contributed by atoms with E-state index < -0.39 is 0 Å². The van der Waals surface area contributed by atoms with Gasteiger partial charge in [0.25, 0.3) is 0 Å². The maximum absolute atomic E-state index is 5.55. The molecule has 0 radical (unpaired) electrons. The lowest BCUT2D eigenvalue weighted by molar-refractivity contribution is 0.266. The first-order valence-corrected chi connectivity index (χ1v) is 6.42. The van der Waals surface area contributed by atoms with Gasteiger partial charge in [0.1, 0.15) is 0 Å². The van der Waals surface area contributed by atoms with Gasteiger partial charge in [0.05, 0.1) is 6.54 Å². The van der Waals surface area contributed by atoms with Crippen LogP contribution in [0.1, 0.15) is 28.0 Å². The quantitative estimate of drug-likeness (QED) is 0.917. The molecule has 102 valence electrons. The number of nitrogens with zero attached hydrogens (tertiary/aromatic N) is 2. The zero-order chi connectivity index (χ0) is 14.0. The summed E-state index contributed by atoms with van der Waals surface area (Å²) in [6, 6.07) is 6.22. The maximum Gasteiger partial charge on any atom is 0.167 e. The predicted octanol–water partition coefficient (Wildman–Crippen LogP) is 2.81. The second-order valence-electron chi connectivity index (χ2n) is 5.27. The number of hydrogen-bond acceptors (Lipinski definition) is 4. The van der Waals surface area contributed by atoms with Gasteiger partial charge in [-0.2, -0.15) is 0 Å². The highest BCUT2D eigenvalue weighted by Crippen LogP contribution is 2.19. The summed E-state index contributed by atoms with van der Waals surface area (Å²) in [6.07, 6.45) is 0. The summed E-state index contributed by atoms with van der Waals surface area (Å²) in [4.78, 5) is 2.20. The molecule has 0 unspecified atom stereocenters. The Kier molecular flexibility index (Phi) is 3.90. The van der Waals surface area contributed by atoms with Crippen LogP contribution in [0.25, 0.3) is 0 Å². The van der Waals surface area contributed by atoms with E-state index in [0.29, 0.717) is 12.4 Å². The van der Waals surface area contributed by atoms with Crippen LogP contribution in [0, 0.1) is 20.8 Å². The smallest absolute Gasteiger partial charge is 0.167 e. The Labute approximate surface area is 114 Å². The molecule has 2 aromatic rings. The highest BCUT2D eigenvalue weighted by atomic mass is 16.5. The van der Waals surface area contributed by atoms with E-state index >= 15 is 0 Å². The first-order chi connectivity index (χ1) is 8.95. The van der Waals surface area contributed by atoms with Crippen LogP contribution in [0.3, 0.4) is 0 Å². The number of hydrogen-bond donors (Lipinski definition) is 1. The van der Waals surface area contributed by atoms with E-state index in [1.807, 2.05) is 0 Å². The number of nitrogens with two attached hydrogens (primary N) is 1. The number of rotatable bonds is 4. The van der Waals surface area contributed by atoms with Crippen molar-refractivity contribution in [3.63, 3.8) is 0 Å². The van der Waals surface area contributed by atoms with Crippen LogP contribution >= 0.6 is 0 Å². The molecule has 1 aromatic heterocycles. The fourth-order valence-electron chi connectivity index (χ4n) is 2.45. The standard InChI is InChI=1S/C15H21N3O/c1-10-5-11(2)14(12(3)6-10)9-18(4)8-13-7-15(16)17-19-13/h5-7H,8-9H2,1-4H3,(H2,16,17). The lowest BCUT2D eigenvalue weighted by Gasteiger charge is -2.18. The van der Waals surface area contributed by atoms with Crippen LogP contribution < -0.4 is 5.73 Å². The van der Waals surface area contributed by atoms with Crippen LogP contribution in [0.4, 0.5) is 5.82 Å². The van der Waals surface area contributed by atoms with Crippen LogP contribution in [-0.2, 0) is 13.1 Å². The lowest BCUT2D eigenvalue weighted by Crippen LogP contribution is -2.18. The maximum atomic E-state index is 5.55. The SMILES string of the molecule is Cc1cc(C)c(CN(C)Cc2cc(N)no2)c(C)c1. The summed E-state index contributed by atoms with van der Waals surface area (Å²) in [5.74, 6) is 1.23. The van der Waals surface area contributed by atoms with Gasteiger partial charge < -0.3 is 10.3 Å². The molecule has 4 heteroatoms. The number of benzene rings is 1. The normalized spacial score (nSPS) is 11.2. The van der Waals surface area contributed by atoms with Crippen molar-refractivity contribution in [3.8, 4) is 0 Å². The molecule has 4 nitrogen and oxygen atoms in total. The number of anilines is 1. The molecule has 0 aliphatic heterocycles. The average Bonchev–Trinajstić information content (AvgIpc) is 2.69. The number of aryl methyl sites for hydroxylation is 3. The van der Waals surface area contributed by atoms with Crippen molar-refractivity contribution in [2.45, 2.75) is 33.9 Å². The Morgan fingerprint density at radius 2 is 1.74 bits per heavy atom. The Hall–Kier alpha value is -1.81. The third-order valence-corrected chi connectivity index (χ3v) is 3.27. The van der Waals surface area contributed by atoms with Crippen molar-refractivity contribution < 1.29 is 4.52 Å². The van der Waals surface area contributed by atoms with Crippen LogP contribution in [-0.4, -0.2) is 17.1 Å². The highest BCUT2D eigenvalue weighted by molar-refractivity contribution is 5.37. The molecule has 0 spiro atoms. The predicted molar refractivity (Wildman–Crippen MR) is 76.7 cm³/mol. The molecule has 0 saturated heterocycles. The molecule has 0 fully saturated rings. The van der Waals surface area contributed by atoms with Gasteiger partial charge in [-0.1, -0.05) is 22.9 Å². The van der Waals surface area contributed by atoms with E-state index in [-0.39, 0.29) is 0 Å². The van der Waals surface area contributed by atoms with Gasteiger partial charge in [-0.25, -0.2) is 0 Å². The zero-order valence-corrected chi connectivity index (χ0v) is 12.0. The molecule has 0 aliphatic rings. The summed E-state index contributed by atoms with van der Waals surface area (Å²) >= 11 is 0. The van der Waals surface area contributed by atoms with Gasteiger partial charge in [-0.05, 0) is 44.5 Å². The summed E-state index contributed by atoms with van der Waals surface area (Å²) < 4.78 is 5.14. The minimum absolute atomic E-state index is 0.436. The second kappa shape index (κ2) is 5.45. The van der Waals surface area contributed by atoms with E-state index in [9.17, 15) is 0 Å². The molecule has 0 atom stereocenters. The molecule has 2 rings (SSSR count). The molecular weight excluding hydrogens is 238 g/mol. The van der Waals surface area contributed by atoms with E-state index in [2.05, 4.69) is 50.0 Å². The molecule has 0 aliphatic carbocycles. The number of nitrogen functional groups attached to an aromatic ring is 1. The summed E-state index contributed by atoms with van der Waals surface area (Å²) in [6.45, 7) is 8.05. The third kappa shape index (κ3) is 3.35. The first-order valence-electron chi connectivity index (χ1n) is 6.42. The van der Waals surface area contributed by atoms with Crippen LogP contribution in [0.2, 0.25) is 0 Å². The molecule has 1 heterocycles. The zero-order valence-electron chi connectivity index (χ0n) is 12.0. The highest BCUT2D eigenvalue weighted by Gasteiger charge is 2.10.